The zero-order valence-electron chi connectivity index (χ0n) is 18.2. The Hall–Kier alpha value is -0.920. The van der Waals surface area contributed by atoms with Gasteiger partial charge in [-0.25, -0.2) is 0 Å². The van der Waals surface area contributed by atoms with Crippen molar-refractivity contribution in [2.45, 2.75) is 88.9 Å². The van der Waals surface area contributed by atoms with E-state index in [1.165, 1.54) is 5.57 Å². The first-order valence-electron chi connectivity index (χ1n) is 10.5. The Balaban J connectivity index is 1.86. The summed E-state index contributed by atoms with van der Waals surface area (Å²) in [6.45, 7) is 5.65. The summed E-state index contributed by atoms with van der Waals surface area (Å²) in [6.07, 6.45) is -6.36. The lowest BCUT2D eigenvalue weighted by Crippen LogP contribution is -2.60. The van der Waals surface area contributed by atoms with Crippen molar-refractivity contribution in [3.8, 4) is 0 Å². The summed E-state index contributed by atoms with van der Waals surface area (Å²) in [5.41, 5.74) is 2.35. The molecule has 2 heterocycles. The third kappa shape index (κ3) is 7.57. The number of hydrogen-bond acceptors (Lipinski definition) is 10. The zero-order valence-corrected chi connectivity index (χ0v) is 18.2. The lowest BCUT2D eigenvalue weighted by Gasteiger charge is -2.41. The first-order valence-corrected chi connectivity index (χ1v) is 10.5. The van der Waals surface area contributed by atoms with Gasteiger partial charge in [0, 0.05) is 0 Å². The highest BCUT2D eigenvalue weighted by atomic mass is 16.7. The molecular weight excluding hydrogens is 412 g/mol. The molecule has 2 saturated heterocycles. The van der Waals surface area contributed by atoms with Crippen molar-refractivity contribution in [2.75, 3.05) is 19.8 Å². The molecule has 0 aromatic heterocycles. The van der Waals surface area contributed by atoms with Crippen LogP contribution in [0.4, 0.5) is 0 Å². The van der Waals surface area contributed by atoms with Gasteiger partial charge in [-0.3, -0.25) is 0 Å². The monoisotopic (exact) mass is 448 g/mol. The molecule has 0 unspecified atom stereocenters. The normalized spacial score (nSPS) is 39.4. The minimum absolute atomic E-state index is 0.146. The summed E-state index contributed by atoms with van der Waals surface area (Å²) in [7, 11) is 0. The van der Waals surface area contributed by atoms with Crippen molar-refractivity contribution in [2.24, 2.45) is 0 Å². The van der Waals surface area contributed by atoms with Crippen LogP contribution in [0.25, 0.3) is 0 Å². The molecule has 0 spiro atoms. The van der Waals surface area contributed by atoms with Crippen molar-refractivity contribution in [3.63, 3.8) is 0 Å². The summed E-state index contributed by atoms with van der Waals surface area (Å²) in [5, 5.41) is 59.6. The number of allylic oxidation sites excluding steroid dienone is 3. The predicted octanol–water partition coefficient (Wildman–Crippen LogP) is -1.04. The highest BCUT2D eigenvalue weighted by molar-refractivity contribution is 5.02. The van der Waals surface area contributed by atoms with Crippen molar-refractivity contribution in [1.29, 1.82) is 0 Å². The van der Waals surface area contributed by atoms with Gasteiger partial charge in [0.25, 0.3) is 0 Å². The van der Waals surface area contributed by atoms with Crippen LogP contribution in [0.1, 0.15) is 33.6 Å². The largest absolute Gasteiger partial charge is 0.388 e. The average Bonchev–Trinajstić information content (AvgIpc) is 2.72. The van der Waals surface area contributed by atoms with Gasteiger partial charge in [-0.05, 0) is 33.6 Å². The first kappa shape index (κ1) is 26.3. The van der Waals surface area contributed by atoms with E-state index in [1.54, 1.807) is 0 Å². The van der Waals surface area contributed by atoms with Gasteiger partial charge in [0.2, 0.25) is 0 Å². The molecule has 31 heavy (non-hydrogen) atoms. The fourth-order valence-electron chi connectivity index (χ4n) is 3.28. The molecule has 0 radical (unpaired) electrons. The predicted molar refractivity (Wildman–Crippen MR) is 109 cm³/mol. The van der Waals surface area contributed by atoms with Gasteiger partial charge in [-0.15, -0.1) is 0 Å². The molecular formula is C21H36O10. The van der Waals surface area contributed by atoms with Gasteiger partial charge in [-0.1, -0.05) is 23.3 Å². The molecule has 2 fully saturated rings. The van der Waals surface area contributed by atoms with E-state index in [0.717, 1.165) is 18.4 Å². The fourth-order valence-corrected chi connectivity index (χ4v) is 3.28. The second-order valence-corrected chi connectivity index (χ2v) is 8.30. The van der Waals surface area contributed by atoms with Gasteiger partial charge in [-0.2, -0.15) is 0 Å². The van der Waals surface area contributed by atoms with Crippen molar-refractivity contribution < 1.29 is 49.6 Å². The van der Waals surface area contributed by atoms with E-state index in [4.69, 9.17) is 18.9 Å². The summed E-state index contributed by atoms with van der Waals surface area (Å²) in [5.74, 6) is 0. The molecule has 2 aliphatic heterocycles. The van der Waals surface area contributed by atoms with E-state index in [1.807, 2.05) is 26.8 Å². The van der Waals surface area contributed by atoms with E-state index in [-0.39, 0.29) is 19.8 Å². The second kappa shape index (κ2) is 12.4. The van der Waals surface area contributed by atoms with Crippen LogP contribution in [0.15, 0.2) is 23.3 Å². The summed E-state index contributed by atoms with van der Waals surface area (Å²) in [4.78, 5) is 0. The van der Waals surface area contributed by atoms with Crippen LogP contribution >= 0.6 is 0 Å². The molecule has 9 atom stereocenters. The van der Waals surface area contributed by atoms with Crippen LogP contribution in [0.5, 0.6) is 0 Å². The number of aliphatic hydroxyl groups excluding tert-OH is 6. The standard InChI is InChI=1S/C21H36O10/c1-11(2)5-4-6-12(3)7-8-28-21-19(27)17(25)16(24)14(31-21)10-30-20-18(26)15(23)13(22)9-29-20/h5,7,13-27H,4,6,8-10H2,1-3H3/b12-7-/t13-,14+,15-,16+,17-,18+,19+,20-,21-/m0/s1. The molecule has 6 N–H and O–H groups in total. The van der Waals surface area contributed by atoms with Crippen LogP contribution in [0, 0.1) is 0 Å². The molecule has 0 saturated carbocycles. The molecule has 0 aromatic rings. The zero-order chi connectivity index (χ0) is 23.1. The van der Waals surface area contributed by atoms with Crippen LogP contribution < -0.4 is 0 Å². The Morgan fingerprint density at radius 2 is 1.52 bits per heavy atom. The van der Waals surface area contributed by atoms with Gasteiger partial charge in [0.15, 0.2) is 12.6 Å². The lowest BCUT2D eigenvalue weighted by atomic mass is 9.99. The summed E-state index contributed by atoms with van der Waals surface area (Å²) >= 11 is 0. The molecule has 0 aliphatic carbocycles. The molecule has 0 aromatic carbocycles. The van der Waals surface area contributed by atoms with Crippen LogP contribution in [0.3, 0.4) is 0 Å². The summed E-state index contributed by atoms with van der Waals surface area (Å²) in [6, 6.07) is 0. The molecule has 10 heteroatoms. The third-order valence-electron chi connectivity index (χ3n) is 5.33. The van der Waals surface area contributed by atoms with E-state index in [0.29, 0.717) is 0 Å². The SMILES string of the molecule is CC(C)=CCC/C(C)=C\CO[C@H]1O[C@H](CO[C@@H]2OC[C@H](O)[C@H](O)[C@H]2O)[C@@H](O)[C@H](O)[C@H]1O. The van der Waals surface area contributed by atoms with Gasteiger partial charge >= 0.3 is 0 Å². The van der Waals surface area contributed by atoms with Crippen molar-refractivity contribution in [3.05, 3.63) is 23.3 Å². The van der Waals surface area contributed by atoms with Crippen molar-refractivity contribution in [1.82, 2.24) is 0 Å². The van der Waals surface area contributed by atoms with E-state index < -0.39 is 55.3 Å². The molecule has 10 nitrogen and oxygen atoms in total. The molecule has 2 rings (SSSR count). The van der Waals surface area contributed by atoms with E-state index >= 15 is 0 Å². The van der Waals surface area contributed by atoms with E-state index in [9.17, 15) is 30.6 Å². The van der Waals surface area contributed by atoms with Crippen LogP contribution in [-0.4, -0.2) is 106 Å². The minimum atomic E-state index is -1.53. The number of hydrogen-bond donors (Lipinski definition) is 6. The Morgan fingerprint density at radius 1 is 0.839 bits per heavy atom. The van der Waals surface area contributed by atoms with Crippen molar-refractivity contribution >= 4 is 0 Å². The molecule has 180 valence electrons. The second-order valence-electron chi connectivity index (χ2n) is 8.30. The fraction of sp³-hybridized carbons (Fsp3) is 0.810. The quantitative estimate of drug-likeness (QED) is 0.241. The molecule has 2 aliphatic rings. The Kier molecular flexibility index (Phi) is 10.5. The molecule has 0 bridgehead atoms. The maximum atomic E-state index is 10.2. The Bertz CT molecular complexity index is 605. The molecule has 0 amide bonds. The van der Waals surface area contributed by atoms with Crippen LogP contribution in [-0.2, 0) is 18.9 Å². The first-order chi connectivity index (χ1) is 14.6. The van der Waals surface area contributed by atoms with Gasteiger partial charge in [0.05, 0.1) is 19.8 Å². The number of aliphatic hydroxyl groups is 6. The van der Waals surface area contributed by atoms with Gasteiger partial charge in [0.1, 0.15) is 42.7 Å². The highest BCUT2D eigenvalue weighted by Gasteiger charge is 2.45. The average molecular weight is 449 g/mol. The van der Waals surface area contributed by atoms with Gasteiger partial charge < -0.3 is 49.6 Å². The minimum Gasteiger partial charge on any atom is -0.388 e. The number of ether oxygens (including phenoxy) is 4. The lowest BCUT2D eigenvalue weighted by molar-refractivity contribution is -0.319. The highest BCUT2D eigenvalue weighted by Crippen LogP contribution is 2.24. The Morgan fingerprint density at radius 3 is 2.19 bits per heavy atom. The topological polar surface area (TPSA) is 158 Å². The Labute approximate surface area is 182 Å². The van der Waals surface area contributed by atoms with Crippen LogP contribution in [0.2, 0.25) is 0 Å². The maximum Gasteiger partial charge on any atom is 0.187 e. The summed E-state index contributed by atoms with van der Waals surface area (Å²) < 4.78 is 21.6. The number of rotatable bonds is 9. The third-order valence-corrected chi connectivity index (χ3v) is 5.33. The smallest absolute Gasteiger partial charge is 0.187 e. The maximum absolute atomic E-state index is 10.2. The van der Waals surface area contributed by atoms with E-state index in [2.05, 4.69) is 6.08 Å².